The molecule has 0 spiro atoms. The first-order chi connectivity index (χ1) is 7.12. The van der Waals surface area contributed by atoms with Gasteiger partial charge in [0.1, 0.15) is 5.75 Å². The molecule has 0 aromatic heterocycles. The molecule has 0 bridgehead atoms. The summed E-state index contributed by atoms with van der Waals surface area (Å²) in [5.41, 5.74) is -0.145. The van der Waals surface area contributed by atoms with Crippen molar-refractivity contribution in [2.24, 2.45) is 0 Å². The van der Waals surface area contributed by atoms with Crippen molar-refractivity contribution in [1.82, 2.24) is 0 Å². The van der Waals surface area contributed by atoms with Crippen molar-refractivity contribution in [2.45, 2.75) is 37.7 Å². The summed E-state index contributed by atoms with van der Waals surface area (Å²) in [4.78, 5) is 0. The predicted octanol–water partition coefficient (Wildman–Crippen LogP) is 3.31. The first-order valence-corrected chi connectivity index (χ1v) is 6.12. The molecule has 82 valence electrons. The summed E-state index contributed by atoms with van der Waals surface area (Å²) < 4.78 is 0.836. The molecule has 1 aliphatic rings. The molecule has 1 aromatic carbocycles. The van der Waals surface area contributed by atoms with Gasteiger partial charge in [-0.25, -0.2) is 0 Å². The average molecular weight is 271 g/mol. The molecule has 1 fully saturated rings. The van der Waals surface area contributed by atoms with E-state index in [9.17, 15) is 10.2 Å². The van der Waals surface area contributed by atoms with Crippen LogP contribution in [-0.2, 0) is 5.60 Å². The highest BCUT2D eigenvalue weighted by atomic mass is 79.9. The first kappa shape index (κ1) is 11.0. The van der Waals surface area contributed by atoms with Gasteiger partial charge in [0.25, 0.3) is 0 Å². The number of aliphatic hydroxyl groups is 1. The van der Waals surface area contributed by atoms with Gasteiger partial charge in [0.2, 0.25) is 0 Å². The minimum Gasteiger partial charge on any atom is -0.508 e. The Kier molecular flexibility index (Phi) is 3.03. The van der Waals surface area contributed by atoms with Gasteiger partial charge in [-0.1, -0.05) is 41.3 Å². The molecule has 2 rings (SSSR count). The molecule has 0 aliphatic heterocycles. The van der Waals surface area contributed by atoms with Crippen LogP contribution in [0, 0.1) is 0 Å². The van der Waals surface area contributed by atoms with Crippen molar-refractivity contribution in [3.63, 3.8) is 0 Å². The van der Waals surface area contributed by atoms with Crippen LogP contribution >= 0.6 is 15.9 Å². The maximum absolute atomic E-state index is 10.4. The van der Waals surface area contributed by atoms with Gasteiger partial charge in [0, 0.05) is 10.0 Å². The van der Waals surface area contributed by atoms with E-state index in [4.69, 9.17) is 0 Å². The van der Waals surface area contributed by atoms with E-state index in [-0.39, 0.29) is 5.75 Å². The average Bonchev–Trinajstić information content (AvgIpc) is 2.18. The number of aromatic hydroxyl groups is 1. The molecular weight excluding hydrogens is 256 g/mol. The van der Waals surface area contributed by atoms with Crippen molar-refractivity contribution in [3.8, 4) is 5.75 Å². The Morgan fingerprint density at radius 3 is 2.40 bits per heavy atom. The predicted molar refractivity (Wildman–Crippen MR) is 62.8 cm³/mol. The Balaban J connectivity index is 2.35. The molecule has 0 atom stereocenters. The maximum Gasteiger partial charge on any atom is 0.122 e. The monoisotopic (exact) mass is 270 g/mol. The fourth-order valence-electron chi connectivity index (χ4n) is 2.30. The lowest BCUT2D eigenvalue weighted by Gasteiger charge is -2.32. The van der Waals surface area contributed by atoms with E-state index < -0.39 is 5.60 Å². The Morgan fingerprint density at radius 2 is 1.80 bits per heavy atom. The van der Waals surface area contributed by atoms with Crippen LogP contribution in [0.4, 0.5) is 0 Å². The molecule has 1 aliphatic carbocycles. The molecule has 3 heteroatoms. The van der Waals surface area contributed by atoms with Crippen LogP contribution in [0.25, 0.3) is 0 Å². The smallest absolute Gasteiger partial charge is 0.122 e. The quantitative estimate of drug-likeness (QED) is 0.822. The van der Waals surface area contributed by atoms with Crippen molar-refractivity contribution >= 4 is 15.9 Å². The zero-order chi connectivity index (χ0) is 10.9. The number of phenols is 1. The Hall–Kier alpha value is -0.540. The van der Waals surface area contributed by atoms with Crippen LogP contribution in [0.5, 0.6) is 5.75 Å². The van der Waals surface area contributed by atoms with Gasteiger partial charge in [-0.15, -0.1) is 0 Å². The molecule has 0 saturated heterocycles. The van der Waals surface area contributed by atoms with Crippen LogP contribution in [0.3, 0.4) is 0 Å². The molecule has 0 heterocycles. The summed E-state index contributed by atoms with van der Waals surface area (Å²) in [6.07, 6.45) is 4.75. The van der Waals surface area contributed by atoms with E-state index in [0.29, 0.717) is 5.56 Å². The van der Waals surface area contributed by atoms with Crippen LogP contribution in [-0.4, -0.2) is 10.2 Å². The lowest BCUT2D eigenvalue weighted by molar-refractivity contribution is -0.00253. The molecule has 2 N–H and O–H groups in total. The number of benzene rings is 1. The number of rotatable bonds is 1. The lowest BCUT2D eigenvalue weighted by Crippen LogP contribution is -2.28. The van der Waals surface area contributed by atoms with E-state index in [2.05, 4.69) is 15.9 Å². The van der Waals surface area contributed by atoms with Gasteiger partial charge >= 0.3 is 0 Å². The van der Waals surface area contributed by atoms with E-state index >= 15 is 0 Å². The molecule has 1 aromatic rings. The summed E-state index contributed by atoms with van der Waals surface area (Å²) in [5, 5.41) is 20.3. The van der Waals surface area contributed by atoms with E-state index in [1.807, 2.05) is 12.1 Å². The second-order valence-corrected chi connectivity index (χ2v) is 5.17. The highest BCUT2D eigenvalue weighted by Gasteiger charge is 2.33. The Morgan fingerprint density at radius 1 is 1.13 bits per heavy atom. The largest absolute Gasteiger partial charge is 0.508 e. The first-order valence-electron chi connectivity index (χ1n) is 5.33. The highest BCUT2D eigenvalue weighted by molar-refractivity contribution is 9.10. The van der Waals surface area contributed by atoms with Gasteiger partial charge in [-0.05, 0) is 25.0 Å². The van der Waals surface area contributed by atoms with Crippen molar-refractivity contribution in [1.29, 1.82) is 0 Å². The molecule has 2 nitrogen and oxygen atoms in total. The summed E-state index contributed by atoms with van der Waals surface area (Å²) >= 11 is 3.30. The number of phenolic OH excluding ortho intramolecular Hbond substituents is 1. The van der Waals surface area contributed by atoms with E-state index in [0.717, 1.165) is 30.2 Å². The SMILES string of the molecule is Oc1cc(Br)ccc1C1(O)CCCCC1. The second-order valence-electron chi connectivity index (χ2n) is 4.25. The summed E-state index contributed by atoms with van der Waals surface area (Å²) in [5.74, 6) is 0.189. The fourth-order valence-corrected chi connectivity index (χ4v) is 2.65. The van der Waals surface area contributed by atoms with Crippen molar-refractivity contribution in [2.75, 3.05) is 0 Å². The van der Waals surface area contributed by atoms with Crippen LogP contribution in [0.1, 0.15) is 37.7 Å². The third kappa shape index (κ3) is 2.18. The zero-order valence-electron chi connectivity index (χ0n) is 8.54. The molecule has 0 radical (unpaired) electrons. The Labute approximate surface area is 98.1 Å². The van der Waals surface area contributed by atoms with Crippen molar-refractivity contribution in [3.05, 3.63) is 28.2 Å². The van der Waals surface area contributed by atoms with Gasteiger partial charge in [0.15, 0.2) is 0 Å². The molecule has 1 saturated carbocycles. The highest BCUT2D eigenvalue weighted by Crippen LogP contribution is 2.41. The number of hydrogen-bond donors (Lipinski definition) is 2. The van der Waals surface area contributed by atoms with E-state index in [1.54, 1.807) is 6.07 Å². The minimum absolute atomic E-state index is 0.189. The van der Waals surface area contributed by atoms with Crippen LogP contribution in [0.2, 0.25) is 0 Å². The molecule has 15 heavy (non-hydrogen) atoms. The fraction of sp³-hybridized carbons (Fsp3) is 0.500. The van der Waals surface area contributed by atoms with Gasteiger partial charge < -0.3 is 10.2 Å². The van der Waals surface area contributed by atoms with Crippen LogP contribution < -0.4 is 0 Å². The van der Waals surface area contributed by atoms with E-state index in [1.165, 1.54) is 6.42 Å². The normalized spacial score (nSPS) is 20.1. The summed E-state index contributed by atoms with van der Waals surface area (Å²) in [6, 6.07) is 5.31. The van der Waals surface area contributed by atoms with Crippen LogP contribution in [0.15, 0.2) is 22.7 Å². The van der Waals surface area contributed by atoms with Gasteiger partial charge in [-0.3, -0.25) is 0 Å². The molecule has 0 amide bonds. The zero-order valence-corrected chi connectivity index (χ0v) is 10.1. The summed E-state index contributed by atoms with van der Waals surface area (Å²) in [6.45, 7) is 0. The second kappa shape index (κ2) is 4.14. The lowest BCUT2D eigenvalue weighted by atomic mass is 9.79. The molecular formula is C12H15BrO2. The maximum atomic E-state index is 10.4. The summed E-state index contributed by atoms with van der Waals surface area (Å²) in [7, 11) is 0. The standard InChI is InChI=1S/C12H15BrO2/c13-9-4-5-10(11(14)8-9)12(15)6-2-1-3-7-12/h4-5,8,14-15H,1-3,6-7H2. The third-order valence-corrected chi connectivity index (χ3v) is 3.64. The topological polar surface area (TPSA) is 40.5 Å². The number of hydrogen-bond acceptors (Lipinski definition) is 2. The van der Waals surface area contributed by atoms with Gasteiger partial charge in [-0.2, -0.15) is 0 Å². The minimum atomic E-state index is -0.816. The van der Waals surface area contributed by atoms with Gasteiger partial charge in [0.05, 0.1) is 5.60 Å². The number of halogens is 1. The third-order valence-electron chi connectivity index (χ3n) is 3.14. The molecule has 0 unspecified atom stereocenters. The Bertz CT molecular complexity index is 357. The van der Waals surface area contributed by atoms with Crippen molar-refractivity contribution < 1.29 is 10.2 Å².